The third-order valence-corrected chi connectivity index (χ3v) is 4.46. The largest absolute Gasteiger partial charge is 0.340 e. The Bertz CT molecular complexity index is 430. The summed E-state index contributed by atoms with van der Waals surface area (Å²) in [5, 5.41) is 3.36. The molecule has 1 aliphatic rings. The van der Waals surface area contributed by atoms with Gasteiger partial charge in [0.1, 0.15) is 0 Å². The van der Waals surface area contributed by atoms with E-state index in [-0.39, 0.29) is 5.91 Å². The van der Waals surface area contributed by atoms with Gasteiger partial charge in [0, 0.05) is 24.1 Å². The molecule has 4 heteroatoms. The van der Waals surface area contributed by atoms with Gasteiger partial charge in [-0.05, 0) is 24.5 Å². The van der Waals surface area contributed by atoms with E-state index >= 15 is 0 Å². The number of carbonyl (C=O) groups is 1. The van der Waals surface area contributed by atoms with Crippen molar-refractivity contribution < 1.29 is 4.79 Å². The minimum Gasteiger partial charge on any atom is -0.340 e. The monoisotopic (exact) mass is 324 g/mol. The molecule has 1 amide bonds. The van der Waals surface area contributed by atoms with Crippen LogP contribution in [0.5, 0.6) is 0 Å². The third kappa shape index (κ3) is 4.32. The van der Waals surface area contributed by atoms with Crippen LogP contribution in [-0.4, -0.2) is 30.4 Å². The summed E-state index contributed by atoms with van der Waals surface area (Å²) in [4.78, 5) is 13.8. The number of likely N-dealkylation sites (N-methyl/N-ethyl adjacent to an activating group) is 1. The molecule has 0 aliphatic heterocycles. The maximum Gasteiger partial charge on any atom is 0.236 e. The molecule has 0 aromatic heterocycles. The Balaban J connectivity index is 1.80. The van der Waals surface area contributed by atoms with Crippen molar-refractivity contribution in [2.45, 2.75) is 38.3 Å². The molecule has 1 aliphatic carbocycles. The van der Waals surface area contributed by atoms with Gasteiger partial charge in [0.15, 0.2) is 0 Å². The van der Waals surface area contributed by atoms with Crippen LogP contribution < -0.4 is 5.32 Å². The van der Waals surface area contributed by atoms with Crippen LogP contribution in [0.4, 0.5) is 0 Å². The second kappa shape index (κ2) is 7.06. The van der Waals surface area contributed by atoms with Crippen molar-refractivity contribution in [1.29, 1.82) is 0 Å². The summed E-state index contributed by atoms with van der Waals surface area (Å²) in [6.07, 6.45) is 5.00. The van der Waals surface area contributed by atoms with Gasteiger partial charge in [0.25, 0.3) is 0 Å². The number of hydrogen-bond acceptors (Lipinski definition) is 2. The van der Waals surface area contributed by atoms with Crippen LogP contribution in [0, 0.1) is 0 Å². The number of amides is 1. The SMILES string of the molecule is CN(Cc1ccccc1Br)C(=O)CNC1CCCC1. The fourth-order valence-corrected chi connectivity index (χ4v) is 2.88. The van der Waals surface area contributed by atoms with E-state index in [0.29, 0.717) is 19.1 Å². The molecule has 2 rings (SSSR count). The lowest BCUT2D eigenvalue weighted by atomic mass is 10.2. The van der Waals surface area contributed by atoms with E-state index in [2.05, 4.69) is 21.2 Å². The van der Waals surface area contributed by atoms with Gasteiger partial charge in [-0.2, -0.15) is 0 Å². The number of nitrogens with zero attached hydrogens (tertiary/aromatic N) is 1. The molecular weight excluding hydrogens is 304 g/mol. The van der Waals surface area contributed by atoms with Crippen LogP contribution in [0.2, 0.25) is 0 Å². The van der Waals surface area contributed by atoms with Crippen LogP contribution in [0.3, 0.4) is 0 Å². The molecule has 0 unspecified atom stereocenters. The lowest BCUT2D eigenvalue weighted by Gasteiger charge is -2.20. The molecule has 0 bridgehead atoms. The highest BCUT2D eigenvalue weighted by atomic mass is 79.9. The van der Waals surface area contributed by atoms with E-state index in [1.54, 1.807) is 4.90 Å². The lowest BCUT2D eigenvalue weighted by molar-refractivity contribution is -0.129. The first-order chi connectivity index (χ1) is 9.16. The summed E-state index contributed by atoms with van der Waals surface area (Å²) >= 11 is 3.51. The molecule has 19 heavy (non-hydrogen) atoms. The number of carbonyl (C=O) groups excluding carboxylic acids is 1. The molecule has 3 nitrogen and oxygen atoms in total. The molecule has 1 N–H and O–H groups in total. The van der Waals surface area contributed by atoms with Gasteiger partial charge in [0.05, 0.1) is 6.54 Å². The van der Waals surface area contributed by atoms with Crippen molar-refractivity contribution in [3.8, 4) is 0 Å². The standard InChI is InChI=1S/C15H21BrN2O/c1-18(11-12-6-2-5-9-14(12)16)15(19)10-17-13-7-3-4-8-13/h2,5-6,9,13,17H,3-4,7-8,10-11H2,1H3. The Morgan fingerprint density at radius 1 is 1.37 bits per heavy atom. The topological polar surface area (TPSA) is 32.3 Å². The highest BCUT2D eigenvalue weighted by Gasteiger charge is 2.17. The normalized spacial score (nSPS) is 15.7. The van der Waals surface area contributed by atoms with Crippen molar-refractivity contribution in [3.05, 3.63) is 34.3 Å². The number of benzene rings is 1. The number of halogens is 1. The zero-order valence-electron chi connectivity index (χ0n) is 11.4. The Labute approximate surface area is 123 Å². The smallest absolute Gasteiger partial charge is 0.236 e. The van der Waals surface area contributed by atoms with E-state index in [9.17, 15) is 4.79 Å². The van der Waals surface area contributed by atoms with Crippen molar-refractivity contribution in [1.82, 2.24) is 10.2 Å². The zero-order valence-corrected chi connectivity index (χ0v) is 12.9. The molecule has 1 aromatic carbocycles. The molecule has 0 saturated heterocycles. The maximum atomic E-state index is 12.1. The summed E-state index contributed by atoms with van der Waals surface area (Å²) in [5.74, 6) is 0.155. The van der Waals surface area contributed by atoms with Crippen molar-refractivity contribution in [2.24, 2.45) is 0 Å². The van der Waals surface area contributed by atoms with E-state index in [1.807, 2.05) is 31.3 Å². The number of nitrogens with one attached hydrogen (secondary N) is 1. The average molecular weight is 325 g/mol. The molecule has 1 aromatic rings. The van der Waals surface area contributed by atoms with Crippen LogP contribution in [0.1, 0.15) is 31.2 Å². The van der Waals surface area contributed by atoms with Crippen LogP contribution in [-0.2, 0) is 11.3 Å². The highest BCUT2D eigenvalue weighted by Crippen LogP contribution is 2.18. The predicted octanol–water partition coefficient (Wildman–Crippen LogP) is 2.94. The zero-order chi connectivity index (χ0) is 13.7. The first-order valence-electron chi connectivity index (χ1n) is 6.87. The summed E-state index contributed by atoms with van der Waals surface area (Å²) in [7, 11) is 1.86. The number of rotatable bonds is 5. The van der Waals surface area contributed by atoms with Crippen LogP contribution in [0.25, 0.3) is 0 Å². The van der Waals surface area contributed by atoms with Crippen LogP contribution >= 0.6 is 15.9 Å². The Morgan fingerprint density at radius 3 is 2.74 bits per heavy atom. The highest BCUT2D eigenvalue weighted by molar-refractivity contribution is 9.10. The second-order valence-electron chi connectivity index (χ2n) is 5.20. The fourth-order valence-electron chi connectivity index (χ4n) is 2.47. The lowest BCUT2D eigenvalue weighted by Crippen LogP contribution is -2.38. The van der Waals surface area contributed by atoms with E-state index in [1.165, 1.54) is 25.7 Å². The van der Waals surface area contributed by atoms with Gasteiger partial charge in [-0.1, -0.05) is 47.0 Å². The van der Waals surface area contributed by atoms with Crippen molar-refractivity contribution >= 4 is 21.8 Å². The Hall–Kier alpha value is -0.870. The minimum absolute atomic E-state index is 0.155. The van der Waals surface area contributed by atoms with Gasteiger partial charge in [-0.15, -0.1) is 0 Å². The predicted molar refractivity (Wildman–Crippen MR) is 80.9 cm³/mol. The van der Waals surface area contributed by atoms with Gasteiger partial charge < -0.3 is 10.2 Å². The van der Waals surface area contributed by atoms with Crippen LogP contribution in [0.15, 0.2) is 28.7 Å². The molecule has 0 spiro atoms. The van der Waals surface area contributed by atoms with Crippen molar-refractivity contribution in [2.75, 3.05) is 13.6 Å². The second-order valence-corrected chi connectivity index (χ2v) is 6.06. The Kier molecular flexibility index (Phi) is 5.40. The van der Waals surface area contributed by atoms with E-state index < -0.39 is 0 Å². The van der Waals surface area contributed by atoms with Gasteiger partial charge >= 0.3 is 0 Å². The molecule has 1 saturated carbocycles. The molecular formula is C15H21BrN2O. The van der Waals surface area contributed by atoms with Gasteiger partial charge in [-0.25, -0.2) is 0 Å². The fraction of sp³-hybridized carbons (Fsp3) is 0.533. The van der Waals surface area contributed by atoms with Crippen molar-refractivity contribution in [3.63, 3.8) is 0 Å². The quantitative estimate of drug-likeness (QED) is 0.903. The molecule has 0 radical (unpaired) electrons. The molecule has 0 heterocycles. The molecule has 104 valence electrons. The number of hydrogen-bond donors (Lipinski definition) is 1. The van der Waals surface area contributed by atoms with E-state index in [0.717, 1.165) is 10.0 Å². The van der Waals surface area contributed by atoms with Gasteiger partial charge in [0.2, 0.25) is 5.91 Å². The molecule has 0 atom stereocenters. The minimum atomic E-state index is 0.155. The average Bonchev–Trinajstić information content (AvgIpc) is 2.91. The summed E-state index contributed by atoms with van der Waals surface area (Å²) in [6, 6.07) is 8.57. The first kappa shape index (κ1) is 14.5. The Morgan fingerprint density at radius 2 is 2.05 bits per heavy atom. The first-order valence-corrected chi connectivity index (χ1v) is 7.67. The van der Waals surface area contributed by atoms with E-state index in [4.69, 9.17) is 0 Å². The van der Waals surface area contributed by atoms with Gasteiger partial charge in [-0.3, -0.25) is 4.79 Å². The summed E-state index contributed by atoms with van der Waals surface area (Å²) in [5.41, 5.74) is 1.14. The molecule has 1 fully saturated rings. The third-order valence-electron chi connectivity index (χ3n) is 3.69. The summed E-state index contributed by atoms with van der Waals surface area (Å²) in [6.45, 7) is 1.10. The summed E-state index contributed by atoms with van der Waals surface area (Å²) < 4.78 is 1.05. The maximum absolute atomic E-state index is 12.1.